The van der Waals surface area contributed by atoms with Crippen LogP contribution in [0.2, 0.25) is 0 Å². The van der Waals surface area contributed by atoms with Crippen molar-refractivity contribution in [3.63, 3.8) is 0 Å². The first kappa shape index (κ1) is 11.3. The van der Waals surface area contributed by atoms with Crippen LogP contribution in [0.25, 0.3) is 0 Å². The van der Waals surface area contributed by atoms with Crippen molar-refractivity contribution in [2.24, 2.45) is 7.05 Å². The summed E-state index contributed by atoms with van der Waals surface area (Å²) in [5.41, 5.74) is 1.45. The second kappa shape index (κ2) is 4.63. The predicted octanol–water partition coefficient (Wildman–Crippen LogP) is 3.28. The van der Waals surface area contributed by atoms with Gasteiger partial charge in [0, 0.05) is 18.7 Å². The fourth-order valence-corrected chi connectivity index (χ4v) is 1.72. The van der Waals surface area contributed by atoms with Gasteiger partial charge in [-0.15, -0.1) is 0 Å². The highest BCUT2D eigenvalue weighted by Gasteiger charge is 2.22. The van der Waals surface area contributed by atoms with E-state index < -0.39 is 0 Å². The zero-order chi connectivity index (χ0) is 10.6. The molecule has 1 aromatic heterocycles. The van der Waals surface area contributed by atoms with E-state index >= 15 is 0 Å². The minimum Gasteiger partial charge on any atom is -0.276 e. The van der Waals surface area contributed by atoms with Gasteiger partial charge < -0.3 is 0 Å². The Morgan fingerprint density at radius 1 is 1.36 bits per heavy atom. The Morgan fingerprint density at radius 2 is 2.07 bits per heavy atom. The van der Waals surface area contributed by atoms with Gasteiger partial charge in [-0.05, 0) is 12.5 Å². The molecule has 0 amide bonds. The summed E-state index contributed by atoms with van der Waals surface area (Å²) in [6.07, 6.45) is 7.18. The van der Waals surface area contributed by atoms with E-state index in [2.05, 4.69) is 31.9 Å². The van der Waals surface area contributed by atoms with Gasteiger partial charge in [0.1, 0.15) is 0 Å². The molecule has 1 aromatic rings. The third-order valence-electron chi connectivity index (χ3n) is 2.81. The quantitative estimate of drug-likeness (QED) is 0.658. The van der Waals surface area contributed by atoms with Crippen molar-refractivity contribution in [2.45, 2.75) is 51.9 Å². The molecule has 1 rings (SSSR count). The topological polar surface area (TPSA) is 17.8 Å². The van der Waals surface area contributed by atoms with Gasteiger partial charge in [0.15, 0.2) is 0 Å². The molecule has 0 aliphatic heterocycles. The van der Waals surface area contributed by atoms with Gasteiger partial charge in [0.05, 0.1) is 5.69 Å². The summed E-state index contributed by atoms with van der Waals surface area (Å²) >= 11 is 0. The van der Waals surface area contributed by atoms with Crippen molar-refractivity contribution < 1.29 is 0 Å². The third kappa shape index (κ3) is 2.86. The molecule has 0 aliphatic carbocycles. The monoisotopic (exact) mass is 194 g/mol. The molecule has 1 heterocycles. The van der Waals surface area contributed by atoms with Gasteiger partial charge in [-0.1, -0.05) is 40.0 Å². The van der Waals surface area contributed by atoms with Crippen LogP contribution >= 0.6 is 0 Å². The highest BCUT2D eigenvalue weighted by Crippen LogP contribution is 2.27. The summed E-state index contributed by atoms with van der Waals surface area (Å²) in [4.78, 5) is 0. The van der Waals surface area contributed by atoms with Gasteiger partial charge in [-0.3, -0.25) is 4.68 Å². The van der Waals surface area contributed by atoms with E-state index in [9.17, 15) is 0 Å². The number of hydrogen-bond donors (Lipinski definition) is 0. The molecule has 0 bridgehead atoms. The van der Waals surface area contributed by atoms with Crippen LogP contribution in [0.4, 0.5) is 0 Å². The second-order valence-corrected chi connectivity index (χ2v) is 4.72. The van der Waals surface area contributed by atoms with Crippen LogP contribution in [-0.2, 0) is 12.5 Å². The number of aromatic nitrogens is 2. The average Bonchev–Trinajstić information content (AvgIpc) is 2.53. The normalized spacial score (nSPS) is 12.0. The SMILES string of the molecule is CCCCCC(C)(C)c1ccn(C)n1. The van der Waals surface area contributed by atoms with E-state index in [1.807, 2.05) is 17.9 Å². The number of unbranched alkanes of at least 4 members (excludes halogenated alkanes) is 2. The van der Waals surface area contributed by atoms with E-state index in [-0.39, 0.29) is 5.41 Å². The van der Waals surface area contributed by atoms with E-state index in [0.717, 1.165) is 0 Å². The van der Waals surface area contributed by atoms with Gasteiger partial charge in [-0.25, -0.2) is 0 Å². The Hall–Kier alpha value is -0.790. The largest absolute Gasteiger partial charge is 0.276 e. The lowest BCUT2D eigenvalue weighted by atomic mass is 9.84. The second-order valence-electron chi connectivity index (χ2n) is 4.72. The maximum Gasteiger partial charge on any atom is 0.0680 e. The molecule has 0 spiro atoms. The Labute approximate surface area is 87.3 Å². The first-order valence-electron chi connectivity index (χ1n) is 5.56. The Morgan fingerprint density at radius 3 is 2.57 bits per heavy atom. The van der Waals surface area contributed by atoms with Crippen LogP contribution in [0.5, 0.6) is 0 Å². The molecule has 0 saturated carbocycles. The summed E-state index contributed by atoms with van der Waals surface area (Å²) in [6, 6.07) is 2.13. The maximum atomic E-state index is 4.48. The van der Waals surface area contributed by atoms with Crippen LogP contribution in [0.3, 0.4) is 0 Å². The fraction of sp³-hybridized carbons (Fsp3) is 0.750. The van der Waals surface area contributed by atoms with Crippen LogP contribution in [0.15, 0.2) is 12.3 Å². The van der Waals surface area contributed by atoms with E-state index in [0.29, 0.717) is 0 Å². The van der Waals surface area contributed by atoms with Crippen molar-refractivity contribution >= 4 is 0 Å². The highest BCUT2D eigenvalue weighted by atomic mass is 15.2. The molecule has 0 atom stereocenters. The van der Waals surface area contributed by atoms with Crippen molar-refractivity contribution in [2.75, 3.05) is 0 Å². The lowest BCUT2D eigenvalue weighted by Crippen LogP contribution is -2.18. The van der Waals surface area contributed by atoms with Crippen molar-refractivity contribution in [1.82, 2.24) is 9.78 Å². The molecule has 80 valence electrons. The molecule has 0 fully saturated rings. The number of hydrogen-bond acceptors (Lipinski definition) is 1. The molecular weight excluding hydrogens is 172 g/mol. The third-order valence-corrected chi connectivity index (χ3v) is 2.81. The highest BCUT2D eigenvalue weighted by molar-refractivity contribution is 5.11. The molecule has 0 radical (unpaired) electrons. The summed E-state index contributed by atoms with van der Waals surface area (Å²) in [5.74, 6) is 0. The average molecular weight is 194 g/mol. The summed E-state index contributed by atoms with van der Waals surface area (Å²) in [5, 5.41) is 4.48. The lowest BCUT2D eigenvalue weighted by Gasteiger charge is -2.21. The Kier molecular flexibility index (Phi) is 3.73. The number of rotatable bonds is 5. The van der Waals surface area contributed by atoms with Crippen molar-refractivity contribution in [3.8, 4) is 0 Å². The summed E-state index contributed by atoms with van der Waals surface area (Å²) < 4.78 is 1.89. The molecule has 0 saturated heterocycles. The molecule has 14 heavy (non-hydrogen) atoms. The fourth-order valence-electron chi connectivity index (χ4n) is 1.72. The van der Waals surface area contributed by atoms with Crippen LogP contribution < -0.4 is 0 Å². The smallest absolute Gasteiger partial charge is 0.0680 e. The van der Waals surface area contributed by atoms with Crippen LogP contribution in [0.1, 0.15) is 52.1 Å². The number of aryl methyl sites for hydroxylation is 1. The molecule has 0 aliphatic rings. The Balaban J connectivity index is 2.56. The minimum absolute atomic E-state index is 0.233. The van der Waals surface area contributed by atoms with Gasteiger partial charge in [-0.2, -0.15) is 5.10 Å². The van der Waals surface area contributed by atoms with E-state index in [4.69, 9.17) is 0 Å². The van der Waals surface area contributed by atoms with E-state index in [1.54, 1.807) is 0 Å². The summed E-state index contributed by atoms with van der Waals surface area (Å²) in [6.45, 7) is 6.81. The van der Waals surface area contributed by atoms with Crippen molar-refractivity contribution in [1.29, 1.82) is 0 Å². The van der Waals surface area contributed by atoms with Gasteiger partial charge in [0.2, 0.25) is 0 Å². The molecular formula is C12H22N2. The molecule has 2 heteroatoms. The lowest BCUT2D eigenvalue weighted by molar-refractivity contribution is 0.434. The zero-order valence-electron chi connectivity index (χ0n) is 9.88. The zero-order valence-corrected chi connectivity index (χ0v) is 9.88. The first-order valence-corrected chi connectivity index (χ1v) is 5.56. The minimum atomic E-state index is 0.233. The molecule has 0 aromatic carbocycles. The molecule has 0 N–H and O–H groups in total. The van der Waals surface area contributed by atoms with Gasteiger partial charge in [0.25, 0.3) is 0 Å². The van der Waals surface area contributed by atoms with Crippen LogP contribution in [0, 0.1) is 0 Å². The van der Waals surface area contributed by atoms with Gasteiger partial charge >= 0.3 is 0 Å². The molecule has 0 unspecified atom stereocenters. The van der Waals surface area contributed by atoms with Crippen molar-refractivity contribution in [3.05, 3.63) is 18.0 Å². The number of nitrogens with zero attached hydrogens (tertiary/aromatic N) is 2. The molecule has 2 nitrogen and oxygen atoms in total. The Bertz CT molecular complexity index is 274. The first-order chi connectivity index (χ1) is 6.56. The summed E-state index contributed by atoms with van der Waals surface area (Å²) in [7, 11) is 1.98. The maximum absolute atomic E-state index is 4.48. The predicted molar refractivity (Wildman–Crippen MR) is 60.4 cm³/mol. The van der Waals surface area contributed by atoms with E-state index in [1.165, 1.54) is 31.4 Å². The van der Waals surface area contributed by atoms with Crippen LogP contribution in [-0.4, -0.2) is 9.78 Å². The standard InChI is InChI=1S/C12H22N2/c1-5-6-7-9-12(2,3)11-8-10-14(4)13-11/h8,10H,5-7,9H2,1-4H3.